The maximum absolute atomic E-state index is 12.9. The Morgan fingerprint density at radius 3 is 1.90 bits per heavy atom. The van der Waals surface area contributed by atoms with Crippen molar-refractivity contribution < 1.29 is 45.5 Å². The number of aromatic nitrogens is 1. The summed E-state index contributed by atoms with van der Waals surface area (Å²) in [6, 6.07) is 0.567. The summed E-state index contributed by atoms with van der Waals surface area (Å²) < 4.78 is 82.0. The van der Waals surface area contributed by atoms with E-state index in [-0.39, 0.29) is 28.7 Å². The third-order valence-electron chi connectivity index (χ3n) is 4.20. The van der Waals surface area contributed by atoms with Gasteiger partial charge >= 0.3 is 18.3 Å². The minimum atomic E-state index is -5.08. The molecule has 2 rings (SSSR count). The largest absolute Gasteiger partial charge is 0.451 e. The molecule has 12 heteroatoms. The fourth-order valence-corrected chi connectivity index (χ4v) is 2.91. The molecule has 1 aromatic carbocycles. The second-order valence-electron chi connectivity index (χ2n) is 6.60. The average Bonchev–Trinajstić information content (AvgIpc) is 2.92. The molecule has 0 fully saturated rings. The number of hydrogen-bond donors (Lipinski definition) is 2. The van der Waals surface area contributed by atoms with Crippen molar-refractivity contribution in [2.75, 3.05) is 11.9 Å². The van der Waals surface area contributed by atoms with Crippen molar-refractivity contribution in [1.29, 1.82) is 0 Å². The molecule has 2 N–H and O–H groups in total. The number of amides is 1. The zero-order valence-corrected chi connectivity index (χ0v) is 16.3. The van der Waals surface area contributed by atoms with Crippen LogP contribution < -0.4 is 5.32 Å². The summed E-state index contributed by atoms with van der Waals surface area (Å²) in [7, 11) is 0. The highest BCUT2D eigenvalue weighted by atomic mass is 19.4. The molecule has 2 aromatic rings. The first kappa shape index (κ1) is 24.0. The van der Waals surface area contributed by atoms with E-state index in [1.165, 1.54) is 13.8 Å². The number of H-pyrrole nitrogens is 1. The van der Waals surface area contributed by atoms with Crippen LogP contribution in [0.1, 0.15) is 50.2 Å². The maximum atomic E-state index is 12.9. The minimum absolute atomic E-state index is 0.0847. The SMILES string of the molecule is CC(=O)c1c(C)[nH]c(C(=O)OCC(=O)Nc2cc(C(F)(F)F)cc(C(F)(F)F)c2)c1C. The topological polar surface area (TPSA) is 88.3 Å². The lowest BCUT2D eigenvalue weighted by atomic mass is 10.1. The van der Waals surface area contributed by atoms with Gasteiger partial charge in [0.05, 0.1) is 11.1 Å². The molecule has 1 heterocycles. The Balaban J connectivity index is 2.15. The molecule has 6 nitrogen and oxygen atoms in total. The Labute approximate surface area is 171 Å². The van der Waals surface area contributed by atoms with Gasteiger partial charge in [-0.1, -0.05) is 0 Å². The number of benzene rings is 1. The number of ketones is 1. The Bertz CT molecular complexity index is 1000. The van der Waals surface area contributed by atoms with Crippen molar-refractivity contribution in [2.45, 2.75) is 33.1 Å². The van der Waals surface area contributed by atoms with Crippen molar-refractivity contribution in [3.8, 4) is 0 Å². The quantitative estimate of drug-likeness (QED) is 0.394. The lowest BCUT2D eigenvalue weighted by Crippen LogP contribution is -2.22. The van der Waals surface area contributed by atoms with E-state index in [4.69, 9.17) is 4.74 Å². The molecule has 0 spiro atoms. The fourth-order valence-electron chi connectivity index (χ4n) is 2.91. The number of hydrogen-bond acceptors (Lipinski definition) is 4. The first-order chi connectivity index (χ1) is 14.1. The van der Waals surface area contributed by atoms with E-state index in [0.717, 1.165) is 0 Å². The number of aromatic amines is 1. The van der Waals surface area contributed by atoms with Gasteiger partial charge in [-0.25, -0.2) is 4.79 Å². The van der Waals surface area contributed by atoms with Gasteiger partial charge in [0.15, 0.2) is 12.4 Å². The average molecular weight is 450 g/mol. The molecule has 0 aliphatic rings. The standard InChI is InChI=1S/C19H16F6N2O4/c1-8-15(10(3)28)9(2)26-16(8)17(30)31-7-14(29)27-13-5-11(18(20,21)22)4-12(6-13)19(23,24)25/h4-6,26H,7H2,1-3H3,(H,27,29). The van der Waals surface area contributed by atoms with Crippen LogP contribution in [0.5, 0.6) is 0 Å². The van der Waals surface area contributed by atoms with E-state index >= 15 is 0 Å². The summed E-state index contributed by atoms with van der Waals surface area (Å²) in [5.74, 6) is -2.50. The second-order valence-corrected chi connectivity index (χ2v) is 6.60. The van der Waals surface area contributed by atoms with Gasteiger partial charge in [0.1, 0.15) is 5.69 Å². The van der Waals surface area contributed by atoms with Crippen LogP contribution in [0.25, 0.3) is 0 Å². The van der Waals surface area contributed by atoms with E-state index in [1.54, 1.807) is 6.92 Å². The summed E-state index contributed by atoms with van der Waals surface area (Å²) in [5, 5.41) is 1.84. The number of halogens is 6. The number of anilines is 1. The Morgan fingerprint density at radius 1 is 0.968 bits per heavy atom. The molecule has 0 radical (unpaired) electrons. The zero-order valence-electron chi connectivity index (χ0n) is 16.3. The summed E-state index contributed by atoms with van der Waals surface area (Å²) in [6.45, 7) is 3.32. The summed E-state index contributed by atoms with van der Waals surface area (Å²) in [6.07, 6.45) is -10.2. The molecule has 0 atom stereocenters. The van der Waals surface area contributed by atoms with Gasteiger partial charge in [0, 0.05) is 16.9 Å². The van der Waals surface area contributed by atoms with E-state index in [1.807, 2.05) is 5.32 Å². The second kappa shape index (κ2) is 8.44. The normalized spacial score (nSPS) is 11.9. The number of ether oxygens (including phenoxy) is 1. The molecule has 0 unspecified atom stereocenters. The monoisotopic (exact) mass is 450 g/mol. The van der Waals surface area contributed by atoms with E-state index in [9.17, 15) is 40.7 Å². The Morgan fingerprint density at radius 2 is 1.48 bits per heavy atom. The third kappa shape index (κ3) is 5.64. The van der Waals surface area contributed by atoms with E-state index in [2.05, 4.69) is 4.98 Å². The van der Waals surface area contributed by atoms with Crippen LogP contribution in [0.2, 0.25) is 0 Å². The highest BCUT2D eigenvalue weighted by Gasteiger charge is 2.37. The van der Waals surface area contributed by atoms with Crippen LogP contribution in [0, 0.1) is 13.8 Å². The highest BCUT2D eigenvalue weighted by molar-refractivity contribution is 6.01. The summed E-state index contributed by atoms with van der Waals surface area (Å²) in [5.41, 5.74) is -3.15. The predicted octanol–water partition coefficient (Wildman–Crippen LogP) is 4.67. The molecule has 0 aliphatic heterocycles. The fraction of sp³-hybridized carbons (Fsp3) is 0.316. The third-order valence-corrected chi connectivity index (χ3v) is 4.20. The van der Waals surface area contributed by atoms with Crippen molar-refractivity contribution >= 4 is 23.3 Å². The number of aryl methyl sites for hydroxylation is 1. The molecule has 0 aliphatic carbocycles. The van der Waals surface area contributed by atoms with Crippen LogP contribution in [-0.4, -0.2) is 29.3 Å². The smallest absolute Gasteiger partial charge is 0.416 e. The zero-order chi connectivity index (χ0) is 23.7. The van der Waals surface area contributed by atoms with Gasteiger partial charge in [0.2, 0.25) is 0 Å². The number of Topliss-reactive ketones (excluding diaryl/α,β-unsaturated/α-hetero) is 1. The first-order valence-electron chi connectivity index (χ1n) is 8.57. The molecule has 1 aromatic heterocycles. The molecule has 0 saturated heterocycles. The molecule has 1 amide bonds. The molecular weight excluding hydrogens is 434 g/mol. The van der Waals surface area contributed by atoms with Gasteiger partial charge in [-0.3, -0.25) is 9.59 Å². The highest BCUT2D eigenvalue weighted by Crippen LogP contribution is 2.37. The van der Waals surface area contributed by atoms with Crippen LogP contribution in [0.4, 0.5) is 32.0 Å². The van der Waals surface area contributed by atoms with Gasteiger partial charge in [-0.05, 0) is 44.5 Å². The lowest BCUT2D eigenvalue weighted by molar-refractivity contribution is -0.143. The first-order valence-corrected chi connectivity index (χ1v) is 8.57. The molecular formula is C19H16F6N2O4. The lowest BCUT2D eigenvalue weighted by Gasteiger charge is -2.14. The maximum Gasteiger partial charge on any atom is 0.416 e. The molecule has 0 bridgehead atoms. The number of nitrogens with one attached hydrogen (secondary N) is 2. The molecule has 0 saturated carbocycles. The number of esters is 1. The van der Waals surface area contributed by atoms with E-state index < -0.39 is 47.7 Å². The van der Waals surface area contributed by atoms with Crippen molar-refractivity contribution in [2.24, 2.45) is 0 Å². The van der Waals surface area contributed by atoms with Gasteiger partial charge in [-0.2, -0.15) is 26.3 Å². The number of alkyl halides is 6. The number of carbonyl (C=O) groups excluding carboxylic acids is 3. The van der Waals surface area contributed by atoms with Crippen LogP contribution >= 0.6 is 0 Å². The van der Waals surface area contributed by atoms with Crippen molar-refractivity contribution in [3.05, 3.63) is 51.8 Å². The molecule has 168 valence electrons. The minimum Gasteiger partial charge on any atom is -0.451 e. The predicted molar refractivity (Wildman–Crippen MR) is 95.6 cm³/mol. The van der Waals surface area contributed by atoms with Gasteiger partial charge in [0.25, 0.3) is 5.91 Å². The Kier molecular flexibility index (Phi) is 6.52. The number of carbonyl (C=O) groups is 3. The summed E-state index contributed by atoms with van der Waals surface area (Å²) >= 11 is 0. The van der Waals surface area contributed by atoms with Crippen LogP contribution in [0.15, 0.2) is 18.2 Å². The summed E-state index contributed by atoms with van der Waals surface area (Å²) in [4.78, 5) is 38.3. The molecule has 31 heavy (non-hydrogen) atoms. The van der Waals surface area contributed by atoms with E-state index in [0.29, 0.717) is 17.8 Å². The van der Waals surface area contributed by atoms with Crippen LogP contribution in [-0.2, 0) is 21.9 Å². The van der Waals surface area contributed by atoms with Crippen molar-refractivity contribution in [3.63, 3.8) is 0 Å². The van der Waals surface area contributed by atoms with Gasteiger partial charge in [-0.15, -0.1) is 0 Å². The van der Waals surface area contributed by atoms with Crippen molar-refractivity contribution in [1.82, 2.24) is 4.98 Å². The van der Waals surface area contributed by atoms with Gasteiger partial charge < -0.3 is 15.0 Å². The van der Waals surface area contributed by atoms with Crippen LogP contribution in [0.3, 0.4) is 0 Å². The number of rotatable bonds is 5. The Hall–Kier alpha value is -3.31.